The quantitative estimate of drug-likeness (QED) is 0.0292. The summed E-state index contributed by atoms with van der Waals surface area (Å²) in [6.07, 6.45) is 10.0. The monoisotopic (exact) mass is 1640 g/mol. The number of benzene rings is 8. The summed E-state index contributed by atoms with van der Waals surface area (Å²) in [5.74, 6) is -0.582. The average molecular weight is 1640 g/mol. The van der Waals surface area contributed by atoms with Crippen molar-refractivity contribution < 1.29 is 82.9 Å². The third-order valence-electron chi connectivity index (χ3n) is 21.4. The van der Waals surface area contributed by atoms with E-state index >= 15 is 0 Å². The number of phenolic OH excluding ortho intramolecular Hbond substituents is 2. The highest BCUT2D eigenvalue weighted by Crippen LogP contribution is 2.46. The predicted octanol–water partition coefficient (Wildman–Crippen LogP) is 14.6. The number of methoxy groups -OCH3 is 1. The maximum atomic E-state index is 13.4. The fourth-order valence-electron chi connectivity index (χ4n) is 15.8. The lowest BCUT2D eigenvalue weighted by molar-refractivity contribution is 0.287. The van der Waals surface area contributed by atoms with Gasteiger partial charge in [-0.2, -0.15) is 16.8 Å². The van der Waals surface area contributed by atoms with Gasteiger partial charge in [-0.3, -0.25) is 30.4 Å². The van der Waals surface area contributed by atoms with Crippen LogP contribution in [0.2, 0.25) is 0 Å². The summed E-state index contributed by atoms with van der Waals surface area (Å²) in [4.78, 5) is 0.428. The van der Waals surface area contributed by atoms with Crippen molar-refractivity contribution in [2.45, 2.75) is 205 Å². The molecule has 4 aliphatic rings. The topological polar surface area (TPSA) is 362 Å². The second-order valence-electron chi connectivity index (χ2n) is 29.1. The number of phenols is 2. The number of ether oxygens (including phenoxy) is 1. The molecular weight excluding hydrogens is 1540 g/mol. The van der Waals surface area contributed by atoms with Crippen LogP contribution in [0, 0.1) is 0 Å². The first-order valence-electron chi connectivity index (χ1n) is 37.5. The lowest BCUT2D eigenvalue weighted by Gasteiger charge is -2.36. The molecule has 0 saturated carbocycles. The van der Waals surface area contributed by atoms with E-state index in [1.165, 1.54) is 49.6 Å². The highest BCUT2D eigenvalue weighted by Gasteiger charge is 2.47. The zero-order chi connectivity index (χ0) is 81.0. The van der Waals surface area contributed by atoms with Crippen LogP contribution in [0.1, 0.15) is 208 Å². The van der Waals surface area contributed by atoms with Gasteiger partial charge in [-0.1, -0.05) is 227 Å². The maximum absolute atomic E-state index is 13.4. The molecule has 0 spiro atoms. The fourth-order valence-corrected chi connectivity index (χ4v) is 25.1. The number of sulfone groups is 4. The number of unbranched alkanes of at least 4 members (excludes halogenated alkanes) is 1. The Hall–Kier alpha value is -7.78. The Labute approximate surface area is 656 Å². The summed E-state index contributed by atoms with van der Waals surface area (Å²) >= 11 is 0. The molecule has 4 heterocycles. The number of nitrogens with one attached hydrogen (secondary N) is 4. The lowest BCUT2D eigenvalue weighted by Crippen LogP contribution is -2.50. The molecule has 8 aromatic carbocycles. The Balaban J connectivity index is 0.000000170. The van der Waals surface area contributed by atoms with Gasteiger partial charge in [0.05, 0.1) is 73.9 Å². The maximum Gasteiger partial charge on any atom is 0.446 e. The first-order valence-corrected chi connectivity index (χ1v) is 46.9. The van der Waals surface area contributed by atoms with Crippen LogP contribution < -0.4 is 34.4 Å². The van der Waals surface area contributed by atoms with Gasteiger partial charge in [-0.15, -0.1) is 0 Å². The number of aromatic hydroxyl groups is 2. The average Bonchev–Trinajstić information content (AvgIpc) is 1.63. The second kappa shape index (κ2) is 36.1. The molecule has 23 nitrogen and oxygen atoms in total. The minimum absolute atomic E-state index is 0.00486. The molecule has 602 valence electrons. The van der Waals surface area contributed by atoms with Gasteiger partial charge in [0.1, 0.15) is 17.2 Å². The van der Waals surface area contributed by atoms with E-state index in [1.54, 1.807) is 24.3 Å². The van der Waals surface area contributed by atoms with E-state index in [9.17, 15) is 60.7 Å². The van der Waals surface area contributed by atoms with Crippen molar-refractivity contribution in [3.8, 4) is 28.7 Å². The molecule has 111 heavy (non-hydrogen) atoms. The molecule has 29 heteroatoms. The van der Waals surface area contributed by atoms with Crippen LogP contribution in [0.3, 0.4) is 0 Å². The van der Waals surface area contributed by atoms with E-state index in [0.29, 0.717) is 60.8 Å². The molecule has 0 aliphatic carbocycles. The first kappa shape index (κ1) is 87.2. The van der Waals surface area contributed by atoms with E-state index in [2.05, 4.69) is 50.4 Å². The smallest absolute Gasteiger partial charge is 0.446 e. The van der Waals surface area contributed by atoms with Gasteiger partial charge >= 0.3 is 20.8 Å². The van der Waals surface area contributed by atoms with E-state index in [-0.39, 0.29) is 83.4 Å². The van der Waals surface area contributed by atoms with Crippen LogP contribution in [-0.4, -0.2) is 122 Å². The van der Waals surface area contributed by atoms with Gasteiger partial charge in [0, 0.05) is 40.4 Å². The summed E-state index contributed by atoms with van der Waals surface area (Å²) in [5, 5.41) is 34.6. The number of rotatable bonds is 22. The third-order valence-corrected chi connectivity index (χ3v) is 30.0. The molecule has 0 aromatic heterocycles. The normalized spacial score (nSPS) is 22.3. The van der Waals surface area contributed by atoms with Crippen molar-refractivity contribution in [1.82, 2.24) is 21.3 Å². The highest BCUT2D eigenvalue weighted by molar-refractivity contribution is 7.92. The molecule has 8 aromatic rings. The van der Waals surface area contributed by atoms with Crippen molar-refractivity contribution in [3.05, 3.63) is 233 Å². The van der Waals surface area contributed by atoms with Crippen LogP contribution in [0.25, 0.3) is 0 Å². The van der Waals surface area contributed by atoms with Crippen LogP contribution in [0.5, 0.6) is 28.7 Å². The van der Waals surface area contributed by atoms with Crippen LogP contribution in [0.15, 0.2) is 208 Å². The number of hydrogen-bond acceptors (Lipinski definition) is 21. The fraction of sp³-hybridized carbons (Fsp3) is 0.415. The Bertz CT molecular complexity index is 5230. The second-order valence-corrected chi connectivity index (χ2v) is 39.0. The van der Waals surface area contributed by atoms with Crippen LogP contribution >= 0.6 is 0 Å². The van der Waals surface area contributed by atoms with Crippen molar-refractivity contribution >= 4 is 60.1 Å². The summed E-state index contributed by atoms with van der Waals surface area (Å²) in [6, 6.07) is 53.3. The number of hydrogen-bond donors (Lipinski definition) is 8. The zero-order valence-electron chi connectivity index (χ0n) is 64.1. The summed E-state index contributed by atoms with van der Waals surface area (Å²) in [6.45, 7) is 16.2. The van der Waals surface area contributed by atoms with Gasteiger partial charge in [0.2, 0.25) is 0 Å². The molecule has 0 fully saturated rings. The van der Waals surface area contributed by atoms with Crippen molar-refractivity contribution in [2.24, 2.45) is 0 Å². The lowest BCUT2D eigenvalue weighted by atomic mass is 9.87. The SMILES string of the molecule is CCC1(CC)CS(=O)(=O)c2cc(O)c(OC)cc2C(c2ccccc2)N1.CCCC1(CC)CS(=O)(=O)c2cc(OS(=O)(=O)O)ccc2C(c2ccccc2)N1.CCCC1(CCC)CS(=O)(=O)c2cc(O)ccc2C(c2ccccc2)N1.CCCC[C@]1(CC)CS(=O)(=O)c2cc(OS(=O)(=O)O)ccc2[C@@H](c2ccccc2)N1. The predicted molar refractivity (Wildman–Crippen MR) is 430 cm³/mol. The van der Waals surface area contributed by atoms with Gasteiger partial charge in [-0.05, 0) is 126 Å². The standard InChI is InChI=1S/C21H27NO6S2.C21H27NO3S.C20H25NO6S2.C20H25NO4S/c1-3-5-13-21(4-2)15-29(23,24)19-14-17(28-30(25,26)27)11-12-18(19)20(22-21)16-9-7-6-8-10-16;1-3-12-21(13-4-2)15-26(24,25)19-14-17(23)10-11-18(19)20(22-21)16-8-6-5-7-9-16;1-3-12-20(4-2)14-28(22,23)18-13-16(27-29(24,25)26)10-11-17(18)19(21-20)15-8-6-5-7-9-15;1-4-20(5-2)13-26(23,24)18-12-16(22)17(25-3)11-15(18)19(21-20)14-9-7-6-8-10-14/h6-12,14,20,22H,3-5,13,15H2,1-2H3,(H,25,26,27);5-11,14,20,22-23H,3-4,12-13,15H2,1-2H3;5-11,13,19,21H,3-4,12,14H2,1-2H3,(H,24,25,26);6-12,19,21-22H,4-5,13H2,1-3H3/t20-,21-;;;/m1.../s1. The Morgan fingerprint density at radius 2 is 0.676 bits per heavy atom. The van der Waals surface area contributed by atoms with Gasteiger partial charge in [-0.25, -0.2) is 33.7 Å². The minimum Gasteiger partial charge on any atom is -0.508 e. The molecule has 0 radical (unpaired) electrons. The third kappa shape index (κ3) is 21.2. The Morgan fingerprint density at radius 3 is 1.03 bits per heavy atom. The molecule has 4 unspecified atom stereocenters. The van der Waals surface area contributed by atoms with Crippen LogP contribution in [-0.2, 0) is 60.1 Å². The van der Waals surface area contributed by atoms with Gasteiger partial charge in [0.25, 0.3) is 0 Å². The van der Waals surface area contributed by atoms with E-state index < -0.39 is 94.4 Å². The largest absolute Gasteiger partial charge is 0.508 e. The van der Waals surface area contributed by atoms with Gasteiger partial charge < -0.3 is 23.3 Å². The summed E-state index contributed by atoms with van der Waals surface area (Å²) in [7, 11) is -22.7. The van der Waals surface area contributed by atoms with Crippen molar-refractivity contribution in [1.29, 1.82) is 0 Å². The molecule has 12 rings (SSSR count). The molecule has 0 saturated heterocycles. The minimum atomic E-state index is -4.77. The number of fused-ring (bicyclic) bond motifs is 4. The molecular formula is C82H104N4O19S6. The summed E-state index contributed by atoms with van der Waals surface area (Å²) < 4.78 is 183. The Kier molecular flexibility index (Phi) is 28.4. The molecule has 0 bridgehead atoms. The molecule has 0 amide bonds. The van der Waals surface area contributed by atoms with Crippen molar-refractivity contribution in [3.63, 3.8) is 0 Å². The van der Waals surface area contributed by atoms with E-state index in [1.807, 2.05) is 156 Å². The van der Waals surface area contributed by atoms with Crippen LogP contribution in [0.4, 0.5) is 0 Å². The highest BCUT2D eigenvalue weighted by atomic mass is 32.3. The van der Waals surface area contributed by atoms with E-state index in [0.717, 1.165) is 67.2 Å². The van der Waals surface area contributed by atoms with Gasteiger partial charge in [0.15, 0.2) is 50.8 Å². The first-order chi connectivity index (χ1) is 52.4. The Morgan fingerprint density at radius 1 is 0.369 bits per heavy atom. The van der Waals surface area contributed by atoms with Crippen molar-refractivity contribution in [2.75, 3.05) is 30.1 Å². The molecule has 6 atom stereocenters. The molecule has 4 aliphatic heterocycles. The zero-order valence-corrected chi connectivity index (χ0v) is 69.0. The molecule has 8 N–H and O–H groups in total. The summed E-state index contributed by atoms with van der Waals surface area (Å²) in [5.41, 5.74) is 3.92. The van der Waals surface area contributed by atoms with E-state index in [4.69, 9.17) is 13.8 Å².